The number of carboxylic acid groups (broad SMARTS) is 1. The Labute approximate surface area is 144 Å². The standard InChI is InChI=1S/C15H18N2O5S2/c18-14-8-23-13-6-5-11(7-12(13)16-14)24(21,22)17-10-3-1-9(2-4-10)15(19)20/h5-7,9-10,17H,1-4,8H2,(H,16,18)(H,19,20)/t9-,10-. The number of fused-ring (bicyclic) bond motifs is 1. The zero-order chi connectivity index (χ0) is 17.3. The molecule has 1 aromatic rings. The SMILES string of the molecule is O=C1CSc2ccc(S(=O)(=O)N[C@H]3CC[C@H](C(=O)O)CC3)cc2N1. The van der Waals surface area contributed by atoms with Gasteiger partial charge in [-0.05, 0) is 43.9 Å². The summed E-state index contributed by atoms with van der Waals surface area (Å²) in [5.74, 6) is -1.03. The van der Waals surface area contributed by atoms with Gasteiger partial charge in [0, 0.05) is 10.9 Å². The maximum atomic E-state index is 12.5. The number of nitrogens with one attached hydrogen (secondary N) is 2. The molecule has 3 N–H and O–H groups in total. The Morgan fingerprint density at radius 1 is 1.25 bits per heavy atom. The lowest BCUT2D eigenvalue weighted by molar-refractivity contribution is -0.142. The summed E-state index contributed by atoms with van der Waals surface area (Å²) in [4.78, 5) is 23.3. The molecule has 1 heterocycles. The molecule has 1 aliphatic heterocycles. The van der Waals surface area contributed by atoms with Gasteiger partial charge < -0.3 is 10.4 Å². The summed E-state index contributed by atoms with van der Waals surface area (Å²) in [7, 11) is -3.71. The van der Waals surface area contributed by atoms with Crippen LogP contribution in [0.1, 0.15) is 25.7 Å². The van der Waals surface area contributed by atoms with Crippen LogP contribution in [-0.4, -0.2) is 37.2 Å². The molecule has 0 radical (unpaired) electrons. The molecule has 0 atom stereocenters. The van der Waals surface area contributed by atoms with E-state index in [1.165, 1.54) is 23.9 Å². The minimum Gasteiger partial charge on any atom is -0.481 e. The molecule has 3 rings (SSSR count). The minimum atomic E-state index is -3.71. The number of rotatable bonds is 4. The fourth-order valence-corrected chi connectivity index (χ4v) is 5.09. The van der Waals surface area contributed by atoms with Crippen molar-refractivity contribution in [2.24, 2.45) is 5.92 Å². The Bertz CT molecular complexity index is 770. The first-order valence-corrected chi connectivity index (χ1v) is 10.1. The van der Waals surface area contributed by atoms with Crippen molar-refractivity contribution in [2.45, 2.75) is 41.5 Å². The predicted molar refractivity (Wildman–Crippen MR) is 89.5 cm³/mol. The lowest BCUT2D eigenvalue weighted by Gasteiger charge is -2.26. The van der Waals surface area contributed by atoms with Gasteiger partial charge in [0.2, 0.25) is 15.9 Å². The monoisotopic (exact) mass is 370 g/mol. The Balaban J connectivity index is 1.71. The third-order valence-corrected chi connectivity index (χ3v) is 6.88. The third-order valence-electron chi connectivity index (χ3n) is 4.29. The van der Waals surface area contributed by atoms with Crippen LogP contribution in [0.3, 0.4) is 0 Å². The molecule has 1 saturated carbocycles. The normalized spacial score (nSPS) is 24.1. The van der Waals surface area contributed by atoms with Gasteiger partial charge in [0.25, 0.3) is 0 Å². The van der Waals surface area contributed by atoms with Gasteiger partial charge in [0.05, 0.1) is 22.3 Å². The number of carbonyl (C=O) groups excluding carboxylic acids is 1. The van der Waals surface area contributed by atoms with Gasteiger partial charge in [-0.2, -0.15) is 0 Å². The molecule has 1 aromatic carbocycles. The molecule has 24 heavy (non-hydrogen) atoms. The Hall–Kier alpha value is -1.58. The second-order valence-electron chi connectivity index (χ2n) is 6.00. The van der Waals surface area contributed by atoms with E-state index in [9.17, 15) is 18.0 Å². The summed E-state index contributed by atoms with van der Waals surface area (Å²) < 4.78 is 27.7. The Morgan fingerprint density at radius 2 is 1.96 bits per heavy atom. The number of sulfonamides is 1. The molecule has 2 aliphatic rings. The molecular formula is C15H18N2O5S2. The zero-order valence-electron chi connectivity index (χ0n) is 12.8. The maximum Gasteiger partial charge on any atom is 0.306 e. The second-order valence-corrected chi connectivity index (χ2v) is 8.73. The van der Waals surface area contributed by atoms with Crippen molar-refractivity contribution in [3.05, 3.63) is 18.2 Å². The van der Waals surface area contributed by atoms with Gasteiger partial charge in [0.15, 0.2) is 0 Å². The quantitative estimate of drug-likeness (QED) is 0.743. The summed E-state index contributed by atoms with van der Waals surface area (Å²) in [6, 6.07) is 4.42. The van der Waals surface area contributed by atoms with Crippen LogP contribution in [0.2, 0.25) is 0 Å². The molecule has 0 spiro atoms. The summed E-state index contributed by atoms with van der Waals surface area (Å²) in [6.07, 6.45) is 1.96. The molecule has 0 bridgehead atoms. The van der Waals surface area contributed by atoms with E-state index in [1.807, 2.05) is 0 Å². The van der Waals surface area contributed by atoms with Crippen LogP contribution in [0.4, 0.5) is 5.69 Å². The lowest BCUT2D eigenvalue weighted by Crippen LogP contribution is -2.38. The second kappa shape index (κ2) is 6.73. The van der Waals surface area contributed by atoms with Crippen molar-refractivity contribution in [1.82, 2.24) is 4.72 Å². The highest BCUT2D eigenvalue weighted by Gasteiger charge is 2.29. The number of anilines is 1. The van der Waals surface area contributed by atoms with Gasteiger partial charge in [-0.3, -0.25) is 9.59 Å². The summed E-state index contributed by atoms with van der Waals surface area (Å²) in [5, 5.41) is 11.7. The van der Waals surface area contributed by atoms with Gasteiger partial charge in [-0.25, -0.2) is 13.1 Å². The number of thioether (sulfide) groups is 1. The summed E-state index contributed by atoms with van der Waals surface area (Å²) in [5.41, 5.74) is 0.508. The summed E-state index contributed by atoms with van der Waals surface area (Å²) >= 11 is 1.37. The van der Waals surface area contributed by atoms with Crippen molar-refractivity contribution in [3.8, 4) is 0 Å². The van der Waals surface area contributed by atoms with Crippen molar-refractivity contribution in [2.75, 3.05) is 11.1 Å². The van der Waals surface area contributed by atoms with Crippen molar-refractivity contribution in [1.29, 1.82) is 0 Å². The third kappa shape index (κ3) is 3.73. The molecule has 1 amide bonds. The number of aliphatic carboxylic acids is 1. The highest BCUT2D eigenvalue weighted by molar-refractivity contribution is 8.00. The largest absolute Gasteiger partial charge is 0.481 e. The highest BCUT2D eigenvalue weighted by atomic mass is 32.2. The fraction of sp³-hybridized carbons (Fsp3) is 0.467. The zero-order valence-corrected chi connectivity index (χ0v) is 14.5. The number of carboxylic acids is 1. The first-order valence-electron chi connectivity index (χ1n) is 7.67. The van der Waals surface area contributed by atoms with Crippen molar-refractivity contribution in [3.63, 3.8) is 0 Å². The summed E-state index contributed by atoms with van der Waals surface area (Å²) in [6.45, 7) is 0. The van der Waals surface area contributed by atoms with E-state index in [-0.39, 0.29) is 22.8 Å². The van der Waals surface area contributed by atoms with E-state index < -0.39 is 16.0 Å². The minimum absolute atomic E-state index is 0.101. The molecule has 0 aromatic heterocycles. The molecule has 1 aliphatic carbocycles. The van der Waals surface area contributed by atoms with Crippen LogP contribution in [0.25, 0.3) is 0 Å². The van der Waals surface area contributed by atoms with E-state index in [0.717, 1.165) is 4.90 Å². The Morgan fingerprint density at radius 3 is 2.62 bits per heavy atom. The first kappa shape index (κ1) is 17.2. The maximum absolute atomic E-state index is 12.5. The van der Waals surface area contributed by atoms with Crippen LogP contribution in [-0.2, 0) is 19.6 Å². The molecule has 130 valence electrons. The number of benzene rings is 1. The van der Waals surface area contributed by atoms with Crippen molar-refractivity contribution < 1.29 is 23.1 Å². The van der Waals surface area contributed by atoms with Crippen LogP contribution in [0.5, 0.6) is 0 Å². The molecular weight excluding hydrogens is 352 g/mol. The molecule has 0 saturated heterocycles. The van der Waals surface area contributed by atoms with E-state index in [1.54, 1.807) is 6.07 Å². The van der Waals surface area contributed by atoms with E-state index >= 15 is 0 Å². The number of amides is 1. The number of carbonyl (C=O) groups is 2. The predicted octanol–water partition coefficient (Wildman–Crippen LogP) is 1.65. The van der Waals surface area contributed by atoms with Gasteiger partial charge in [-0.15, -0.1) is 11.8 Å². The van der Waals surface area contributed by atoms with Gasteiger partial charge in [0.1, 0.15) is 0 Å². The average molecular weight is 370 g/mol. The van der Waals surface area contributed by atoms with Gasteiger partial charge >= 0.3 is 5.97 Å². The topological polar surface area (TPSA) is 113 Å². The molecule has 9 heteroatoms. The molecule has 7 nitrogen and oxygen atoms in total. The van der Waals surface area contributed by atoms with E-state index in [4.69, 9.17) is 5.11 Å². The fourth-order valence-electron chi connectivity index (χ4n) is 2.98. The van der Waals surface area contributed by atoms with Gasteiger partial charge in [-0.1, -0.05) is 0 Å². The molecule has 1 fully saturated rings. The number of hydrogen-bond acceptors (Lipinski definition) is 5. The number of hydrogen-bond donors (Lipinski definition) is 3. The van der Waals surface area contributed by atoms with Crippen molar-refractivity contribution >= 4 is 39.3 Å². The average Bonchev–Trinajstić information content (AvgIpc) is 2.54. The van der Waals surface area contributed by atoms with Crippen LogP contribution in [0.15, 0.2) is 28.0 Å². The molecule has 0 unspecified atom stereocenters. The van der Waals surface area contributed by atoms with E-state index in [2.05, 4.69) is 10.0 Å². The first-order chi connectivity index (χ1) is 11.3. The smallest absolute Gasteiger partial charge is 0.306 e. The van der Waals surface area contributed by atoms with Crippen LogP contribution >= 0.6 is 11.8 Å². The van der Waals surface area contributed by atoms with Crippen LogP contribution < -0.4 is 10.0 Å². The Kier molecular flexibility index (Phi) is 4.84. The lowest BCUT2D eigenvalue weighted by atomic mass is 9.87. The van der Waals surface area contributed by atoms with E-state index in [0.29, 0.717) is 37.1 Å². The van der Waals surface area contributed by atoms with Crippen LogP contribution in [0, 0.1) is 5.92 Å². The highest BCUT2D eigenvalue weighted by Crippen LogP contribution is 2.33.